The highest BCUT2D eigenvalue weighted by atomic mass is 19.1. The SMILES string of the molecule is O=C(CC1(C(=O)O)CCC1)Nc1ccc(OCc2ccccc2F)cc1. The minimum absolute atomic E-state index is 0.0200. The van der Waals surface area contributed by atoms with Crippen LogP contribution >= 0.6 is 0 Å². The van der Waals surface area contributed by atoms with Crippen molar-refractivity contribution >= 4 is 17.6 Å². The van der Waals surface area contributed by atoms with Crippen molar-refractivity contribution in [3.63, 3.8) is 0 Å². The minimum Gasteiger partial charge on any atom is -0.489 e. The molecule has 2 N–H and O–H groups in total. The van der Waals surface area contributed by atoms with Crippen LogP contribution in [0.3, 0.4) is 0 Å². The zero-order chi connectivity index (χ0) is 18.6. The van der Waals surface area contributed by atoms with Crippen LogP contribution in [-0.4, -0.2) is 17.0 Å². The molecule has 1 saturated carbocycles. The predicted octanol–water partition coefficient (Wildman–Crippen LogP) is 3.99. The molecule has 2 aromatic rings. The lowest BCUT2D eigenvalue weighted by atomic mass is 9.66. The second kappa shape index (κ2) is 7.56. The molecular weight excluding hydrogens is 337 g/mol. The first kappa shape index (κ1) is 17.9. The molecule has 1 aliphatic carbocycles. The summed E-state index contributed by atoms with van der Waals surface area (Å²) >= 11 is 0. The van der Waals surface area contributed by atoms with Crippen molar-refractivity contribution in [1.82, 2.24) is 0 Å². The summed E-state index contributed by atoms with van der Waals surface area (Å²) in [6, 6.07) is 13.1. The van der Waals surface area contributed by atoms with E-state index in [4.69, 9.17) is 4.74 Å². The van der Waals surface area contributed by atoms with E-state index in [0.29, 0.717) is 29.8 Å². The molecule has 5 nitrogen and oxygen atoms in total. The van der Waals surface area contributed by atoms with Crippen LogP contribution in [0.5, 0.6) is 5.75 Å². The molecule has 6 heteroatoms. The molecule has 0 heterocycles. The Kier molecular flexibility index (Phi) is 5.21. The van der Waals surface area contributed by atoms with Gasteiger partial charge in [-0.2, -0.15) is 0 Å². The molecule has 26 heavy (non-hydrogen) atoms. The minimum atomic E-state index is -0.910. The Morgan fingerprint density at radius 2 is 1.81 bits per heavy atom. The number of carbonyl (C=O) groups excluding carboxylic acids is 1. The average molecular weight is 357 g/mol. The van der Waals surface area contributed by atoms with Crippen LogP contribution in [0.4, 0.5) is 10.1 Å². The molecule has 0 spiro atoms. The Balaban J connectivity index is 1.53. The number of hydrogen-bond donors (Lipinski definition) is 2. The van der Waals surface area contributed by atoms with Crippen molar-refractivity contribution in [3.05, 3.63) is 59.9 Å². The molecule has 0 aliphatic heterocycles. The maximum Gasteiger partial charge on any atom is 0.310 e. The van der Waals surface area contributed by atoms with E-state index in [1.807, 2.05) is 0 Å². The molecular formula is C20H20FNO4. The van der Waals surface area contributed by atoms with Gasteiger partial charge in [0.15, 0.2) is 0 Å². The summed E-state index contributed by atoms with van der Waals surface area (Å²) in [6.45, 7) is 0.111. The highest BCUT2D eigenvalue weighted by Crippen LogP contribution is 2.44. The third kappa shape index (κ3) is 4.02. The van der Waals surface area contributed by atoms with Crippen LogP contribution in [0.1, 0.15) is 31.2 Å². The number of hydrogen-bond acceptors (Lipinski definition) is 3. The second-order valence-corrected chi connectivity index (χ2v) is 6.57. The molecule has 1 fully saturated rings. The van der Waals surface area contributed by atoms with Gasteiger partial charge in [-0.3, -0.25) is 9.59 Å². The Labute approximate surface area is 150 Å². The van der Waals surface area contributed by atoms with Gasteiger partial charge in [-0.1, -0.05) is 24.6 Å². The van der Waals surface area contributed by atoms with Gasteiger partial charge in [0.1, 0.15) is 18.2 Å². The first-order valence-electron chi connectivity index (χ1n) is 8.48. The summed E-state index contributed by atoms with van der Waals surface area (Å²) in [6.07, 6.45) is 1.90. The van der Waals surface area contributed by atoms with E-state index in [1.54, 1.807) is 42.5 Å². The Hall–Kier alpha value is -2.89. The van der Waals surface area contributed by atoms with E-state index < -0.39 is 11.4 Å². The highest BCUT2D eigenvalue weighted by Gasteiger charge is 2.45. The summed E-state index contributed by atoms with van der Waals surface area (Å²) in [4.78, 5) is 23.4. The maximum absolute atomic E-state index is 13.6. The summed E-state index contributed by atoms with van der Waals surface area (Å²) in [5, 5.41) is 12.0. The van der Waals surface area contributed by atoms with Gasteiger partial charge in [0.2, 0.25) is 5.91 Å². The molecule has 1 aliphatic rings. The topological polar surface area (TPSA) is 75.6 Å². The van der Waals surface area contributed by atoms with Crippen molar-refractivity contribution in [2.24, 2.45) is 5.41 Å². The fourth-order valence-electron chi connectivity index (χ4n) is 2.99. The van der Waals surface area contributed by atoms with Crippen molar-refractivity contribution in [3.8, 4) is 5.75 Å². The summed E-state index contributed by atoms with van der Waals surface area (Å²) in [5.74, 6) is -0.991. The molecule has 0 bridgehead atoms. The van der Waals surface area contributed by atoms with Crippen LogP contribution in [0.2, 0.25) is 0 Å². The zero-order valence-corrected chi connectivity index (χ0v) is 14.2. The van der Waals surface area contributed by atoms with Gasteiger partial charge in [-0.05, 0) is 43.2 Å². The lowest BCUT2D eigenvalue weighted by Gasteiger charge is -2.36. The van der Waals surface area contributed by atoms with E-state index in [9.17, 15) is 19.1 Å². The molecule has 1 amide bonds. The second-order valence-electron chi connectivity index (χ2n) is 6.57. The molecule has 0 unspecified atom stereocenters. The number of nitrogens with one attached hydrogen (secondary N) is 1. The van der Waals surface area contributed by atoms with Crippen LogP contribution in [0.15, 0.2) is 48.5 Å². The number of carbonyl (C=O) groups is 2. The lowest BCUT2D eigenvalue weighted by Crippen LogP contribution is -2.41. The van der Waals surface area contributed by atoms with Crippen LogP contribution in [0, 0.1) is 11.2 Å². The zero-order valence-electron chi connectivity index (χ0n) is 14.2. The van der Waals surface area contributed by atoms with Crippen LogP contribution in [0.25, 0.3) is 0 Å². The first-order chi connectivity index (χ1) is 12.5. The summed E-state index contributed by atoms with van der Waals surface area (Å²) in [5.41, 5.74) is 0.116. The Bertz CT molecular complexity index is 800. The van der Waals surface area contributed by atoms with Gasteiger partial charge in [0.05, 0.1) is 5.41 Å². The first-order valence-corrected chi connectivity index (χ1v) is 8.48. The van der Waals surface area contributed by atoms with Gasteiger partial charge in [0.25, 0.3) is 0 Å². The quantitative estimate of drug-likeness (QED) is 0.786. The number of rotatable bonds is 7. The molecule has 0 atom stereocenters. The molecule has 3 rings (SSSR count). The van der Waals surface area contributed by atoms with Crippen molar-refractivity contribution in [1.29, 1.82) is 0 Å². The van der Waals surface area contributed by atoms with Gasteiger partial charge in [0, 0.05) is 17.7 Å². The largest absolute Gasteiger partial charge is 0.489 e. The normalized spacial score (nSPS) is 15.0. The highest BCUT2D eigenvalue weighted by molar-refractivity contribution is 5.94. The van der Waals surface area contributed by atoms with E-state index in [2.05, 4.69) is 5.32 Å². The number of amides is 1. The number of carboxylic acid groups (broad SMARTS) is 1. The number of ether oxygens (including phenoxy) is 1. The van der Waals surface area contributed by atoms with Crippen molar-refractivity contribution < 1.29 is 23.8 Å². The third-order valence-electron chi connectivity index (χ3n) is 4.75. The van der Waals surface area contributed by atoms with E-state index in [0.717, 1.165) is 6.42 Å². The number of anilines is 1. The molecule has 2 aromatic carbocycles. The number of halogens is 1. The van der Waals surface area contributed by atoms with Crippen molar-refractivity contribution in [2.75, 3.05) is 5.32 Å². The molecule has 0 radical (unpaired) electrons. The number of carboxylic acids is 1. The van der Waals surface area contributed by atoms with Gasteiger partial charge >= 0.3 is 5.97 Å². The average Bonchev–Trinajstić information content (AvgIpc) is 2.58. The van der Waals surface area contributed by atoms with E-state index >= 15 is 0 Å². The van der Waals surface area contributed by atoms with E-state index in [-0.39, 0.29) is 24.8 Å². The number of aliphatic carboxylic acids is 1. The summed E-state index contributed by atoms with van der Waals surface area (Å²) < 4.78 is 19.1. The number of benzene rings is 2. The molecule has 136 valence electrons. The summed E-state index contributed by atoms with van der Waals surface area (Å²) in [7, 11) is 0. The fraction of sp³-hybridized carbons (Fsp3) is 0.300. The van der Waals surface area contributed by atoms with E-state index in [1.165, 1.54) is 6.07 Å². The van der Waals surface area contributed by atoms with Gasteiger partial charge in [-0.25, -0.2) is 4.39 Å². The van der Waals surface area contributed by atoms with Crippen molar-refractivity contribution in [2.45, 2.75) is 32.3 Å². The Morgan fingerprint density at radius 1 is 1.12 bits per heavy atom. The standard InChI is InChI=1S/C20H20FNO4/c21-17-5-2-1-4-14(17)13-26-16-8-6-15(7-9-16)22-18(23)12-20(19(24)25)10-3-11-20/h1-2,4-9H,3,10-13H2,(H,22,23)(H,24,25). The monoisotopic (exact) mass is 357 g/mol. The van der Waals surface area contributed by atoms with Gasteiger partial charge in [-0.15, -0.1) is 0 Å². The smallest absolute Gasteiger partial charge is 0.310 e. The third-order valence-corrected chi connectivity index (χ3v) is 4.75. The lowest BCUT2D eigenvalue weighted by molar-refractivity contribution is -0.157. The molecule has 0 aromatic heterocycles. The molecule has 0 saturated heterocycles. The Morgan fingerprint density at radius 3 is 2.38 bits per heavy atom. The fourth-order valence-corrected chi connectivity index (χ4v) is 2.99. The maximum atomic E-state index is 13.6. The van der Waals surface area contributed by atoms with Crippen LogP contribution in [-0.2, 0) is 16.2 Å². The van der Waals surface area contributed by atoms with Gasteiger partial charge < -0.3 is 15.2 Å². The predicted molar refractivity (Wildman–Crippen MR) is 94.3 cm³/mol. The van der Waals surface area contributed by atoms with Crippen LogP contribution < -0.4 is 10.1 Å².